The fourth-order valence-electron chi connectivity index (χ4n) is 4.97. The fraction of sp³-hybridized carbons (Fsp3) is 0.519. The molecule has 1 amide bonds. The minimum absolute atomic E-state index is 0. The lowest BCUT2D eigenvalue weighted by Crippen LogP contribution is -2.44. The molecule has 9 heteroatoms. The Balaban J connectivity index is 0.00000361. The molecule has 1 saturated carbocycles. The Labute approximate surface area is 221 Å². The Bertz CT molecular complexity index is 1060. The number of carbonyl (C=O) groups is 1. The summed E-state index contributed by atoms with van der Waals surface area (Å²) in [6.45, 7) is 2.84. The molecule has 1 N–H and O–H groups in total. The smallest absolute Gasteiger partial charge is 0.306 e. The average Bonchev–Trinajstić information content (AvgIpc) is 2.82. The first-order valence-corrected chi connectivity index (χ1v) is 14.4. The first-order valence-electron chi connectivity index (χ1n) is 12.6. The van der Waals surface area contributed by atoms with Crippen LogP contribution in [0.15, 0.2) is 48.5 Å². The van der Waals surface area contributed by atoms with Crippen LogP contribution in [-0.4, -0.2) is 44.6 Å². The first-order chi connectivity index (χ1) is 16.8. The number of ether oxygens (including phenoxy) is 1. The van der Waals surface area contributed by atoms with Crippen molar-refractivity contribution < 1.29 is 22.1 Å². The number of nitrogens with zero attached hydrogens (tertiary/aromatic N) is 1. The van der Waals surface area contributed by atoms with Crippen molar-refractivity contribution in [1.29, 1.82) is 0 Å². The van der Waals surface area contributed by atoms with Gasteiger partial charge >= 0.3 is 10.1 Å². The summed E-state index contributed by atoms with van der Waals surface area (Å²) in [5.41, 5.74) is 1.22. The minimum Gasteiger partial charge on any atom is -0.457 e. The Morgan fingerprint density at radius 2 is 1.44 bits per heavy atom. The Morgan fingerprint density at radius 3 is 2.03 bits per heavy atom. The predicted octanol–water partition coefficient (Wildman–Crippen LogP) is 5.29. The molecule has 36 heavy (non-hydrogen) atoms. The lowest BCUT2D eigenvalue weighted by Gasteiger charge is -2.32. The van der Waals surface area contributed by atoms with Gasteiger partial charge in [0.25, 0.3) is 0 Å². The van der Waals surface area contributed by atoms with Crippen LogP contribution in [0.4, 0.5) is 0 Å². The van der Waals surface area contributed by atoms with E-state index in [9.17, 15) is 13.2 Å². The fourth-order valence-corrected chi connectivity index (χ4v) is 5.43. The molecule has 4 rings (SSSR count). The highest BCUT2D eigenvalue weighted by Gasteiger charge is 2.23. The molecule has 2 aromatic rings. The third-order valence-corrected chi connectivity index (χ3v) is 7.28. The molecule has 0 radical (unpaired) electrons. The largest absolute Gasteiger partial charge is 0.457 e. The van der Waals surface area contributed by atoms with Crippen LogP contribution in [0.3, 0.4) is 0 Å². The maximum Gasteiger partial charge on any atom is 0.306 e. The van der Waals surface area contributed by atoms with Crippen molar-refractivity contribution in [3.8, 4) is 17.2 Å². The van der Waals surface area contributed by atoms with Crippen molar-refractivity contribution in [1.82, 2.24) is 10.2 Å². The third-order valence-electron chi connectivity index (χ3n) is 6.79. The Morgan fingerprint density at radius 1 is 0.889 bits per heavy atom. The van der Waals surface area contributed by atoms with Gasteiger partial charge in [-0.25, -0.2) is 0 Å². The highest BCUT2D eigenvalue weighted by atomic mass is 35.5. The van der Waals surface area contributed by atoms with Crippen LogP contribution >= 0.6 is 12.4 Å². The normalized spacial score (nSPS) is 17.7. The number of nitrogens with one attached hydrogen (secondary N) is 1. The van der Waals surface area contributed by atoms with Crippen LogP contribution in [0.5, 0.6) is 17.2 Å². The number of piperidine rings is 1. The molecular formula is C27H37ClN2O5S. The van der Waals surface area contributed by atoms with Crippen LogP contribution in [0, 0.1) is 5.92 Å². The van der Waals surface area contributed by atoms with Gasteiger partial charge in [0.2, 0.25) is 5.91 Å². The second-order valence-electron chi connectivity index (χ2n) is 9.83. The van der Waals surface area contributed by atoms with Crippen LogP contribution in [0.25, 0.3) is 0 Å². The van der Waals surface area contributed by atoms with Gasteiger partial charge in [-0.3, -0.25) is 9.69 Å². The van der Waals surface area contributed by atoms with Gasteiger partial charge in [0.1, 0.15) is 17.2 Å². The molecule has 2 aromatic carbocycles. The van der Waals surface area contributed by atoms with Gasteiger partial charge < -0.3 is 14.2 Å². The summed E-state index contributed by atoms with van der Waals surface area (Å²) in [6.07, 6.45) is 10.0. The zero-order valence-electron chi connectivity index (χ0n) is 20.9. The first kappa shape index (κ1) is 28.3. The molecule has 1 aliphatic carbocycles. The summed E-state index contributed by atoms with van der Waals surface area (Å²) in [7, 11) is -3.54. The van der Waals surface area contributed by atoms with Gasteiger partial charge in [-0.15, -0.1) is 12.4 Å². The summed E-state index contributed by atoms with van der Waals surface area (Å²) in [5.74, 6) is 2.39. The molecule has 2 fully saturated rings. The van der Waals surface area contributed by atoms with Crippen LogP contribution in [-0.2, 0) is 21.5 Å². The number of hydrogen-bond acceptors (Lipinski definition) is 6. The molecule has 7 nitrogen and oxygen atoms in total. The molecule has 0 bridgehead atoms. The summed E-state index contributed by atoms with van der Waals surface area (Å²) >= 11 is 0. The molecule has 0 atom stereocenters. The summed E-state index contributed by atoms with van der Waals surface area (Å²) < 4.78 is 33.1. The lowest BCUT2D eigenvalue weighted by molar-refractivity contribution is -0.123. The molecule has 2 aliphatic rings. The van der Waals surface area contributed by atoms with E-state index >= 15 is 0 Å². The van der Waals surface area contributed by atoms with Gasteiger partial charge in [0.15, 0.2) is 0 Å². The maximum absolute atomic E-state index is 12.4. The lowest BCUT2D eigenvalue weighted by atomic mass is 9.86. The second-order valence-corrected chi connectivity index (χ2v) is 11.4. The summed E-state index contributed by atoms with van der Waals surface area (Å²) in [4.78, 5) is 14.9. The van der Waals surface area contributed by atoms with E-state index < -0.39 is 10.1 Å². The zero-order valence-corrected chi connectivity index (χ0v) is 22.5. The maximum atomic E-state index is 12.4. The van der Waals surface area contributed by atoms with E-state index in [0.29, 0.717) is 29.9 Å². The summed E-state index contributed by atoms with van der Waals surface area (Å²) in [6, 6.07) is 14.8. The van der Waals surface area contributed by atoms with E-state index in [0.717, 1.165) is 38.7 Å². The van der Waals surface area contributed by atoms with Crippen molar-refractivity contribution in [2.45, 2.75) is 64.0 Å². The van der Waals surface area contributed by atoms with Crippen molar-refractivity contribution in [3.63, 3.8) is 0 Å². The van der Waals surface area contributed by atoms with Crippen molar-refractivity contribution in [2.24, 2.45) is 5.92 Å². The standard InChI is InChI=1S/C27H36N2O5S.ClH/c1-35(31,32)34-26-13-11-25(12-14-26)33-24-9-7-22(8-10-24)20-29-17-15-23(16-18-29)28-27(30)19-21-5-3-2-4-6-21;/h7-14,21,23H,2-6,15-20H2,1H3,(H,28,30);1H. The van der Waals surface area contributed by atoms with E-state index in [2.05, 4.69) is 22.3 Å². The number of amides is 1. The number of benzene rings is 2. The van der Waals surface area contributed by atoms with Crippen molar-refractivity contribution in [3.05, 3.63) is 54.1 Å². The van der Waals surface area contributed by atoms with Crippen LogP contribution in [0.2, 0.25) is 0 Å². The minimum atomic E-state index is -3.54. The van der Waals surface area contributed by atoms with E-state index in [1.165, 1.54) is 37.7 Å². The number of likely N-dealkylation sites (tertiary alicyclic amines) is 1. The number of halogens is 1. The highest BCUT2D eigenvalue weighted by molar-refractivity contribution is 7.86. The molecule has 198 valence electrons. The van der Waals surface area contributed by atoms with E-state index in [1.54, 1.807) is 24.3 Å². The van der Waals surface area contributed by atoms with Gasteiger partial charge in [0, 0.05) is 32.1 Å². The van der Waals surface area contributed by atoms with Gasteiger partial charge in [-0.2, -0.15) is 8.42 Å². The van der Waals surface area contributed by atoms with Gasteiger partial charge in [-0.05, 0) is 73.6 Å². The molecule has 1 heterocycles. The summed E-state index contributed by atoms with van der Waals surface area (Å²) in [5, 5.41) is 3.28. The molecular weight excluding hydrogens is 500 g/mol. The van der Waals surface area contributed by atoms with Crippen molar-refractivity contribution >= 4 is 28.4 Å². The van der Waals surface area contributed by atoms with E-state index in [4.69, 9.17) is 8.92 Å². The average molecular weight is 537 g/mol. The number of hydrogen-bond donors (Lipinski definition) is 1. The highest BCUT2D eigenvalue weighted by Crippen LogP contribution is 2.27. The molecule has 0 aromatic heterocycles. The quantitative estimate of drug-likeness (QED) is 0.438. The van der Waals surface area contributed by atoms with Crippen molar-refractivity contribution in [2.75, 3.05) is 19.3 Å². The number of rotatable bonds is 9. The van der Waals surface area contributed by atoms with Gasteiger partial charge in [-0.1, -0.05) is 31.4 Å². The van der Waals surface area contributed by atoms with E-state index in [-0.39, 0.29) is 24.1 Å². The molecule has 1 aliphatic heterocycles. The Hall–Kier alpha value is -2.29. The monoisotopic (exact) mass is 536 g/mol. The predicted molar refractivity (Wildman–Crippen MR) is 143 cm³/mol. The second kappa shape index (κ2) is 13.3. The van der Waals surface area contributed by atoms with Gasteiger partial charge in [0.05, 0.1) is 6.26 Å². The zero-order chi connectivity index (χ0) is 24.7. The molecule has 0 unspecified atom stereocenters. The topological polar surface area (TPSA) is 84.9 Å². The third kappa shape index (κ3) is 9.30. The van der Waals surface area contributed by atoms with E-state index in [1.807, 2.05) is 12.1 Å². The van der Waals surface area contributed by atoms with Crippen LogP contribution < -0.4 is 14.2 Å². The Kier molecular flexibility index (Phi) is 10.5. The number of carbonyl (C=O) groups excluding carboxylic acids is 1. The van der Waals surface area contributed by atoms with Crippen LogP contribution in [0.1, 0.15) is 56.9 Å². The molecule has 1 saturated heterocycles. The SMILES string of the molecule is CS(=O)(=O)Oc1ccc(Oc2ccc(CN3CCC(NC(=O)CC4CCCCC4)CC3)cc2)cc1.Cl. The molecule has 0 spiro atoms.